The number of nitrogens with two attached hydrogens (primary N) is 1. The van der Waals surface area contributed by atoms with Crippen LogP contribution in [0.25, 0.3) is 10.6 Å². The number of carbonyl (C=O) groups is 1. The number of anilines is 3. The number of carbonyl (C=O) groups excluding carboxylic acids is 1. The summed E-state index contributed by atoms with van der Waals surface area (Å²) < 4.78 is 1.11. The van der Waals surface area contributed by atoms with Gasteiger partial charge in [-0.2, -0.15) is 14.7 Å². The average molecular weight is 476 g/mol. The molecule has 9 nitrogen and oxygen atoms in total. The van der Waals surface area contributed by atoms with Crippen molar-refractivity contribution < 1.29 is 9.63 Å². The topological polar surface area (TPSA) is 102 Å². The molecule has 2 N–H and O–H groups in total. The standard InChI is InChI=1S/C24H25N7O2S/c25-23-27-24(31(20-9-2-1-3-10-20)33-15-14-29-12-4-5-13-29)28-30(23)22(32)19-8-6-7-18(17-19)21-26-11-16-34-21/h1-3,6-11,16-17H,4-5,12-15H2,(H2,25,27,28). The molecule has 1 aliphatic heterocycles. The molecular formula is C24H25N7O2S. The van der Waals surface area contributed by atoms with Crippen LogP contribution in [0.5, 0.6) is 0 Å². The normalized spacial score (nSPS) is 13.9. The number of rotatable bonds is 8. The Labute approximate surface area is 201 Å². The number of thiazole rings is 1. The van der Waals surface area contributed by atoms with Gasteiger partial charge in [-0.25, -0.2) is 4.98 Å². The van der Waals surface area contributed by atoms with Gasteiger partial charge in [0.2, 0.25) is 5.95 Å². The number of hydrogen-bond donors (Lipinski definition) is 1. The van der Waals surface area contributed by atoms with E-state index in [1.165, 1.54) is 29.2 Å². The fourth-order valence-corrected chi connectivity index (χ4v) is 4.54. The number of nitrogen functional groups attached to an aromatic ring is 1. The van der Waals surface area contributed by atoms with Crippen molar-refractivity contribution in [1.82, 2.24) is 24.6 Å². The number of hydrogen-bond acceptors (Lipinski definition) is 9. The van der Waals surface area contributed by atoms with Crippen LogP contribution < -0.4 is 10.8 Å². The molecule has 4 aromatic rings. The molecule has 1 saturated heterocycles. The van der Waals surface area contributed by atoms with Gasteiger partial charge in [-0.1, -0.05) is 30.3 Å². The number of likely N-dealkylation sites (tertiary alicyclic amines) is 1. The van der Waals surface area contributed by atoms with Gasteiger partial charge in [0.1, 0.15) is 5.01 Å². The molecule has 0 aliphatic carbocycles. The maximum absolute atomic E-state index is 13.2. The summed E-state index contributed by atoms with van der Waals surface area (Å²) in [6.07, 6.45) is 4.17. The Morgan fingerprint density at radius 3 is 2.71 bits per heavy atom. The van der Waals surface area contributed by atoms with Crippen molar-refractivity contribution in [3.8, 4) is 10.6 Å². The zero-order valence-electron chi connectivity index (χ0n) is 18.6. The van der Waals surface area contributed by atoms with Crippen LogP contribution >= 0.6 is 11.3 Å². The largest absolute Gasteiger partial charge is 0.368 e. The molecule has 1 aliphatic rings. The fraction of sp³-hybridized carbons (Fsp3) is 0.250. The van der Waals surface area contributed by atoms with Gasteiger partial charge in [-0.15, -0.1) is 16.4 Å². The Balaban J connectivity index is 1.39. The van der Waals surface area contributed by atoms with Crippen LogP contribution in [-0.2, 0) is 4.84 Å². The first-order valence-corrected chi connectivity index (χ1v) is 12.0. The molecule has 0 spiro atoms. The highest BCUT2D eigenvalue weighted by Gasteiger charge is 2.22. The summed E-state index contributed by atoms with van der Waals surface area (Å²) in [5.74, 6) is -0.182. The molecule has 10 heteroatoms. The smallest absolute Gasteiger partial charge is 0.281 e. The van der Waals surface area contributed by atoms with Gasteiger partial charge in [0.05, 0.1) is 12.3 Å². The maximum atomic E-state index is 13.2. The summed E-state index contributed by atoms with van der Waals surface area (Å²) in [6.45, 7) is 3.45. The predicted molar refractivity (Wildman–Crippen MR) is 132 cm³/mol. The lowest BCUT2D eigenvalue weighted by molar-refractivity contribution is 0.0943. The van der Waals surface area contributed by atoms with E-state index in [1.54, 1.807) is 18.3 Å². The molecule has 174 valence electrons. The summed E-state index contributed by atoms with van der Waals surface area (Å²) >= 11 is 1.51. The summed E-state index contributed by atoms with van der Waals surface area (Å²) in [6, 6.07) is 16.8. The Morgan fingerprint density at radius 1 is 1.12 bits per heavy atom. The molecule has 1 fully saturated rings. The van der Waals surface area contributed by atoms with Crippen molar-refractivity contribution in [1.29, 1.82) is 0 Å². The van der Waals surface area contributed by atoms with E-state index in [0.717, 1.165) is 40.6 Å². The van der Waals surface area contributed by atoms with Gasteiger partial charge in [0.25, 0.3) is 11.9 Å². The van der Waals surface area contributed by atoms with Gasteiger partial charge in [-0.3, -0.25) is 9.63 Å². The van der Waals surface area contributed by atoms with Gasteiger partial charge in [0, 0.05) is 29.2 Å². The van der Waals surface area contributed by atoms with E-state index in [0.29, 0.717) is 12.2 Å². The van der Waals surface area contributed by atoms with Crippen molar-refractivity contribution in [3.63, 3.8) is 0 Å². The van der Waals surface area contributed by atoms with Crippen LogP contribution in [0.3, 0.4) is 0 Å². The quantitative estimate of drug-likeness (QED) is 0.384. The van der Waals surface area contributed by atoms with Crippen LogP contribution in [0.4, 0.5) is 17.6 Å². The lowest BCUT2D eigenvalue weighted by Gasteiger charge is -2.22. The molecule has 5 rings (SSSR count). The number of para-hydroxylation sites is 1. The van der Waals surface area contributed by atoms with Crippen LogP contribution in [0, 0.1) is 0 Å². The lowest BCUT2D eigenvalue weighted by atomic mass is 10.1. The zero-order valence-corrected chi connectivity index (χ0v) is 19.4. The van der Waals surface area contributed by atoms with E-state index in [-0.39, 0.29) is 17.8 Å². The van der Waals surface area contributed by atoms with E-state index in [4.69, 9.17) is 10.6 Å². The maximum Gasteiger partial charge on any atom is 0.281 e. The van der Waals surface area contributed by atoms with Crippen molar-refractivity contribution in [2.75, 3.05) is 37.0 Å². The summed E-state index contributed by atoms with van der Waals surface area (Å²) in [5.41, 5.74) is 8.17. The number of benzene rings is 2. The molecule has 0 unspecified atom stereocenters. The third-order valence-electron chi connectivity index (χ3n) is 5.60. The van der Waals surface area contributed by atoms with Crippen molar-refractivity contribution >= 4 is 34.8 Å². The molecule has 2 aromatic heterocycles. The summed E-state index contributed by atoms with van der Waals surface area (Å²) in [4.78, 5) is 30.3. The van der Waals surface area contributed by atoms with Crippen LogP contribution in [0.2, 0.25) is 0 Å². The van der Waals surface area contributed by atoms with Gasteiger partial charge < -0.3 is 10.6 Å². The molecule has 0 radical (unpaired) electrons. The third kappa shape index (κ3) is 4.84. The van der Waals surface area contributed by atoms with Gasteiger partial charge in [-0.05, 0) is 50.2 Å². The minimum atomic E-state index is -0.375. The van der Waals surface area contributed by atoms with E-state index >= 15 is 0 Å². The monoisotopic (exact) mass is 475 g/mol. The van der Waals surface area contributed by atoms with Gasteiger partial charge in [0.15, 0.2) is 0 Å². The first-order valence-electron chi connectivity index (χ1n) is 11.2. The predicted octanol–water partition coefficient (Wildman–Crippen LogP) is 3.84. The Hall–Kier alpha value is -3.60. The molecule has 2 aromatic carbocycles. The van der Waals surface area contributed by atoms with Crippen molar-refractivity contribution in [3.05, 3.63) is 71.7 Å². The number of aromatic nitrogens is 4. The van der Waals surface area contributed by atoms with E-state index in [2.05, 4.69) is 20.0 Å². The second kappa shape index (κ2) is 10.1. The minimum Gasteiger partial charge on any atom is -0.368 e. The van der Waals surface area contributed by atoms with Crippen LogP contribution in [0.15, 0.2) is 66.2 Å². The molecule has 0 amide bonds. The molecular weight excluding hydrogens is 450 g/mol. The highest BCUT2D eigenvalue weighted by atomic mass is 32.1. The zero-order chi connectivity index (χ0) is 23.3. The molecule has 34 heavy (non-hydrogen) atoms. The summed E-state index contributed by atoms with van der Waals surface area (Å²) in [7, 11) is 0. The van der Waals surface area contributed by atoms with E-state index in [9.17, 15) is 4.79 Å². The Morgan fingerprint density at radius 2 is 1.94 bits per heavy atom. The molecule has 3 heterocycles. The minimum absolute atomic E-state index is 0.0104. The first kappa shape index (κ1) is 22.2. The van der Waals surface area contributed by atoms with Crippen LogP contribution in [-0.4, -0.2) is 56.8 Å². The van der Waals surface area contributed by atoms with E-state index < -0.39 is 0 Å². The summed E-state index contributed by atoms with van der Waals surface area (Å²) in [5, 5.41) is 8.67. The van der Waals surface area contributed by atoms with Crippen LogP contribution in [0.1, 0.15) is 23.2 Å². The second-order valence-corrected chi connectivity index (χ2v) is 8.81. The van der Waals surface area contributed by atoms with Crippen molar-refractivity contribution in [2.45, 2.75) is 12.8 Å². The molecule has 0 saturated carbocycles. The SMILES string of the molecule is Nc1nc(N(OCCN2CCCC2)c2ccccc2)nn1C(=O)c1cccc(-c2nccs2)c1. The van der Waals surface area contributed by atoms with Crippen molar-refractivity contribution in [2.24, 2.45) is 0 Å². The third-order valence-corrected chi connectivity index (χ3v) is 6.42. The highest BCUT2D eigenvalue weighted by molar-refractivity contribution is 7.13. The first-order chi connectivity index (χ1) is 16.7. The lowest BCUT2D eigenvalue weighted by Crippen LogP contribution is -2.28. The number of nitrogens with zero attached hydrogens (tertiary/aromatic N) is 6. The Kier molecular flexibility index (Phi) is 6.61. The van der Waals surface area contributed by atoms with Gasteiger partial charge >= 0.3 is 0 Å². The Bertz CT molecular complexity index is 1240. The second-order valence-electron chi connectivity index (χ2n) is 7.92. The van der Waals surface area contributed by atoms with E-state index in [1.807, 2.05) is 47.8 Å². The molecule has 0 bridgehead atoms. The highest BCUT2D eigenvalue weighted by Crippen LogP contribution is 2.26. The average Bonchev–Trinajstić information content (AvgIpc) is 3.65. The fourth-order valence-electron chi connectivity index (χ4n) is 3.90. The molecule has 0 atom stereocenters.